The zero-order valence-corrected chi connectivity index (χ0v) is 19.5. The molecule has 0 aliphatic heterocycles. The van der Waals surface area contributed by atoms with E-state index in [1.807, 2.05) is 28.7 Å². The number of unbranched alkanes of at least 4 members (excludes halogenated alkanes) is 2. The van der Waals surface area contributed by atoms with E-state index in [1.165, 1.54) is 17.8 Å². The van der Waals surface area contributed by atoms with Gasteiger partial charge >= 0.3 is 0 Å². The van der Waals surface area contributed by atoms with Gasteiger partial charge in [0.25, 0.3) is 5.56 Å². The molecule has 0 bridgehead atoms. The van der Waals surface area contributed by atoms with Crippen LogP contribution in [0.2, 0.25) is 5.02 Å². The van der Waals surface area contributed by atoms with Crippen LogP contribution in [0.25, 0.3) is 16.7 Å². The molecule has 0 spiro atoms. The van der Waals surface area contributed by atoms with Crippen LogP contribution < -0.4 is 10.9 Å². The number of nitriles is 1. The number of thioether (sulfide) groups is 1. The number of halogens is 1. The van der Waals surface area contributed by atoms with Gasteiger partial charge in [-0.3, -0.25) is 18.6 Å². The van der Waals surface area contributed by atoms with Crippen molar-refractivity contribution in [3.8, 4) is 6.07 Å². The fourth-order valence-electron chi connectivity index (χ4n) is 3.58. The van der Waals surface area contributed by atoms with Gasteiger partial charge in [0.2, 0.25) is 11.7 Å². The molecule has 1 amide bonds. The molecule has 4 rings (SSSR count). The average Bonchev–Trinajstić information content (AvgIpc) is 3.24. The van der Waals surface area contributed by atoms with Crippen LogP contribution in [0.15, 0.2) is 52.4 Å². The Morgan fingerprint density at radius 1 is 1.21 bits per heavy atom. The van der Waals surface area contributed by atoms with E-state index in [0.29, 0.717) is 44.7 Å². The molecule has 2 heterocycles. The fourth-order valence-corrected chi connectivity index (χ4v) is 4.49. The lowest BCUT2D eigenvalue weighted by molar-refractivity contribution is -0.113. The van der Waals surface area contributed by atoms with Crippen molar-refractivity contribution >= 4 is 51.6 Å². The molecule has 4 aromatic rings. The summed E-state index contributed by atoms with van der Waals surface area (Å²) in [6, 6.07) is 14.0. The second-order valence-electron chi connectivity index (χ2n) is 7.44. The molecule has 2 aromatic carbocycles. The molecule has 1 N–H and O–H groups in total. The van der Waals surface area contributed by atoms with Crippen molar-refractivity contribution in [1.29, 1.82) is 5.26 Å². The van der Waals surface area contributed by atoms with Crippen LogP contribution in [-0.2, 0) is 11.3 Å². The highest BCUT2D eigenvalue weighted by atomic mass is 35.5. The number of hydrogen-bond donors (Lipinski definition) is 1. The third-order valence-electron chi connectivity index (χ3n) is 5.17. The summed E-state index contributed by atoms with van der Waals surface area (Å²) < 4.78 is 3.47. The Labute approximate surface area is 199 Å². The second kappa shape index (κ2) is 10.1. The van der Waals surface area contributed by atoms with E-state index in [4.69, 9.17) is 11.6 Å². The quantitative estimate of drug-likeness (QED) is 0.294. The molecular formula is C23H21ClN6O2S. The van der Waals surface area contributed by atoms with Crippen molar-refractivity contribution in [2.24, 2.45) is 0 Å². The van der Waals surface area contributed by atoms with Crippen LogP contribution in [0.4, 0.5) is 5.69 Å². The van der Waals surface area contributed by atoms with E-state index in [1.54, 1.807) is 22.8 Å². The molecule has 0 saturated heterocycles. The Balaban J connectivity index is 1.64. The van der Waals surface area contributed by atoms with E-state index in [2.05, 4.69) is 22.4 Å². The predicted molar refractivity (Wildman–Crippen MR) is 130 cm³/mol. The van der Waals surface area contributed by atoms with Crippen LogP contribution in [0, 0.1) is 11.3 Å². The van der Waals surface area contributed by atoms with Gasteiger partial charge in [0.15, 0.2) is 5.16 Å². The van der Waals surface area contributed by atoms with Crippen molar-refractivity contribution in [3.05, 3.63) is 63.4 Å². The van der Waals surface area contributed by atoms with Gasteiger partial charge in [0.05, 0.1) is 27.9 Å². The number of carbonyl (C=O) groups is 1. The maximum Gasteiger partial charge on any atom is 0.262 e. The van der Waals surface area contributed by atoms with Gasteiger partial charge in [-0.25, -0.2) is 0 Å². The smallest absolute Gasteiger partial charge is 0.262 e. The molecule has 2 aromatic heterocycles. The Morgan fingerprint density at radius 3 is 2.82 bits per heavy atom. The van der Waals surface area contributed by atoms with Gasteiger partial charge in [0, 0.05) is 11.6 Å². The summed E-state index contributed by atoms with van der Waals surface area (Å²) in [5, 5.41) is 22.0. The summed E-state index contributed by atoms with van der Waals surface area (Å²) in [4.78, 5) is 25.7. The second-order valence-corrected chi connectivity index (χ2v) is 8.82. The lowest BCUT2D eigenvalue weighted by Crippen LogP contribution is -2.23. The van der Waals surface area contributed by atoms with Crippen molar-refractivity contribution < 1.29 is 4.79 Å². The van der Waals surface area contributed by atoms with Gasteiger partial charge in [-0.05, 0) is 36.8 Å². The number of fused-ring (bicyclic) bond motifs is 3. The number of aromatic nitrogens is 4. The van der Waals surface area contributed by atoms with Gasteiger partial charge in [-0.1, -0.05) is 55.3 Å². The largest absolute Gasteiger partial charge is 0.324 e. The number of rotatable bonds is 8. The first-order chi connectivity index (χ1) is 16.0. The molecule has 33 heavy (non-hydrogen) atoms. The number of nitrogens with zero attached hydrogens (tertiary/aromatic N) is 5. The van der Waals surface area contributed by atoms with Gasteiger partial charge in [-0.2, -0.15) is 5.26 Å². The van der Waals surface area contributed by atoms with Crippen LogP contribution >= 0.6 is 23.4 Å². The minimum absolute atomic E-state index is 0.0431. The van der Waals surface area contributed by atoms with E-state index in [9.17, 15) is 14.9 Å². The standard InChI is InChI=1S/C23H21ClN6O2S/c1-2-3-6-11-29-21(32)17-7-4-5-8-19(17)30-22(29)27-28-23(30)33-14-20(31)26-18-12-16(24)10-9-15(18)13-25/h4-5,7-10,12H,2-3,6,11,14H2,1H3,(H,26,31). The van der Waals surface area contributed by atoms with Crippen LogP contribution in [0.5, 0.6) is 0 Å². The van der Waals surface area contributed by atoms with E-state index >= 15 is 0 Å². The first-order valence-electron chi connectivity index (χ1n) is 10.5. The Hall–Kier alpha value is -3.35. The lowest BCUT2D eigenvalue weighted by atomic mass is 10.2. The Kier molecular flexibility index (Phi) is 6.96. The van der Waals surface area contributed by atoms with Gasteiger partial charge < -0.3 is 5.32 Å². The van der Waals surface area contributed by atoms with Crippen molar-refractivity contribution in [3.63, 3.8) is 0 Å². The monoisotopic (exact) mass is 480 g/mol. The van der Waals surface area contributed by atoms with E-state index in [-0.39, 0.29) is 17.2 Å². The number of para-hydroxylation sites is 1. The highest BCUT2D eigenvalue weighted by Gasteiger charge is 2.18. The average molecular weight is 481 g/mol. The third kappa shape index (κ3) is 4.72. The zero-order chi connectivity index (χ0) is 23.4. The highest BCUT2D eigenvalue weighted by Crippen LogP contribution is 2.24. The molecule has 0 aliphatic carbocycles. The first-order valence-corrected chi connectivity index (χ1v) is 11.9. The molecule has 168 valence electrons. The number of amides is 1. The van der Waals surface area contributed by atoms with Crippen LogP contribution in [0.3, 0.4) is 0 Å². The number of nitrogens with one attached hydrogen (secondary N) is 1. The van der Waals surface area contributed by atoms with E-state index < -0.39 is 0 Å². The summed E-state index contributed by atoms with van der Waals surface area (Å²) in [5.41, 5.74) is 1.28. The van der Waals surface area contributed by atoms with Crippen molar-refractivity contribution in [2.75, 3.05) is 11.1 Å². The van der Waals surface area contributed by atoms with Gasteiger partial charge in [-0.15, -0.1) is 10.2 Å². The predicted octanol–water partition coefficient (Wildman–Crippen LogP) is 4.49. The van der Waals surface area contributed by atoms with Crippen molar-refractivity contribution in [2.45, 2.75) is 37.9 Å². The number of hydrogen-bond acceptors (Lipinski definition) is 6. The van der Waals surface area contributed by atoms with Crippen LogP contribution in [-0.4, -0.2) is 30.8 Å². The SMILES string of the molecule is CCCCCn1c(=O)c2ccccc2n2c(SCC(=O)Nc3cc(Cl)ccc3C#N)nnc12. The maximum absolute atomic E-state index is 13.1. The summed E-state index contributed by atoms with van der Waals surface area (Å²) in [7, 11) is 0. The molecule has 0 aliphatic rings. The molecule has 0 radical (unpaired) electrons. The van der Waals surface area contributed by atoms with E-state index in [0.717, 1.165) is 19.3 Å². The molecule has 0 unspecified atom stereocenters. The number of anilines is 1. The normalized spacial score (nSPS) is 11.1. The molecule has 8 nitrogen and oxygen atoms in total. The summed E-state index contributed by atoms with van der Waals surface area (Å²) >= 11 is 7.20. The first kappa shape index (κ1) is 22.8. The molecule has 0 saturated carbocycles. The molecule has 0 atom stereocenters. The highest BCUT2D eigenvalue weighted by molar-refractivity contribution is 7.99. The summed E-state index contributed by atoms with van der Waals surface area (Å²) in [6.45, 7) is 2.66. The maximum atomic E-state index is 13.1. The lowest BCUT2D eigenvalue weighted by Gasteiger charge is -2.11. The van der Waals surface area contributed by atoms with Gasteiger partial charge in [0.1, 0.15) is 6.07 Å². The number of carbonyl (C=O) groups excluding carboxylic acids is 1. The zero-order valence-electron chi connectivity index (χ0n) is 17.9. The number of benzene rings is 2. The Morgan fingerprint density at radius 2 is 2.03 bits per heavy atom. The number of aryl methyl sites for hydroxylation is 1. The topological polar surface area (TPSA) is 105 Å². The minimum atomic E-state index is -0.309. The minimum Gasteiger partial charge on any atom is -0.324 e. The fraction of sp³-hybridized carbons (Fsp3) is 0.261. The third-order valence-corrected chi connectivity index (χ3v) is 6.34. The Bertz CT molecular complexity index is 1440. The van der Waals surface area contributed by atoms with Crippen molar-refractivity contribution in [1.82, 2.24) is 19.2 Å². The molecular weight excluding hydrogens is 460 g/mol. The van der Waals surface area contributed by atoms with Crippen LogP contribution in [0.1, 0.15) is 31.7 Å². The summed E-state index contributed by atoms with van der Waals surface area (Å²) in [6.07, 6.45) is 2.92. The molecule has 0 fully saturated rings. The molecule has 10 heteroatoms. The summed E-state index contributed by atoms with van der Waals surface area (Å²) in [5.74, 6) is 0.192.